The van der Waals surface area contributed by atoms with Crippen LogP contribution >= 0.6 is 23.2 Å². The molecule has 0 saturated heterocycles. The Morgan fingerprint density at radius 2 is 1.52 bits per heavy atom. The zero-order chi connectivity index (χ0) is 20.9. The number of halogens is 2. The summed E-state index contributed by atoms with van der Waals surface area (Å²) >= 11 is 12.3. The van der Waals surface area contributed by atoms with Crippen LogP contribution in [0.5, 0.6) is 17.2 Å². The van der Waals surface area contributed by atoms with E-state index in [-0.39, 0.29) is 5.41 Å². The third-order valence-electron chi connectivity index (χ3n) is 5.16. The van der Waals surface area contributed by atoms with Crippen LogP contribution in [0.3, 0.4) is 0 Å². The van der Waals surface area contributed by atoms with E-state index in [1.807, 2.05) is 48.5 Å². The van der Waals surface area contributed by atoms with Crippen LogP contribution < -0.4 is 9.47 Å². The summed E-state index contributed by atoms with van der Waals surface area (Å²) in [5.41, 5.74) is 2.51. The van der Waals surface area contributed by atoms with Crippen LogP contribution in [0.15, 0.2) is 66.7 Å². The molecule has 0 bridgehead atoms. The van der Waals surface area contributed by atoms with E-state index in [2.05, 4.69) is 32.0 Å². The highest BCUT2D eigenvalue weighted by Crippen LogP contribution is 2.33. The van der Waals surface area contributed by atoms with Crippen LogP contribution in [0.4, 0.5) is 0 Å². The monoisotopic (exact) mass is 428 g/mol. The average molecular weight is 429 g/mol. The molecule has 0 aliphatic rings. The topological polar surface area (TPSA) is 18.5 Å². The highest BCUT2D eigenvalue weighted by Gasteiger charge is 2.21. The van der Waals surface area contributed by atoms with Gasteiger partial charge in [-0.2, -0.15) is 0 Å². The molecule has 0 N–H and O–H groups in total. The van der Waals surface area contributed by atoms with Crippen molar-refractivity contribution in [1.82, 2.24) is 0 Å². The molecular formula is C25H26Cl2O2. The van der Waals surface area contributed by atoms with Gasteiger partial charge in [0.1, 0.15) is 17.2 Å². The van der Waals surface area contributed by atoms with E-state index >= 15 is 0 Å². The van der Waals surface area contributed by atoms with Crippen molar-refractivity contribution in [2.75, 3.05) is 7.11 Å². The van der Waals surface area contributed by atoms with Crippen molar-refractivity contribution in [3.8, 4) is 17.2 Å². The third-order valence-corrected chi connectivity index (χ3v) is 5.90. The molecule has 0 heterocycles. The number of ether oxygens (including phenoxy) is 2. The molecule has 4 heteroatoms. The van der Waals surface area contributed by atoms with E-state index in [1.54, 1.807) is 7.11 Å². The minimum absolute atomic E-state index is 0.0332. The summed E-state index contributed by atoms with van der Waals surface area (Å²) in [7, 11) is 1.65. The molecule has 3 rings (SSSR count). The minimum atomic E-state index is 0.0332. The molecule has 2 nitrogen and oxygen atoms in total. The maximum atomic E-state index is 6.20. The van der Waals surface area contributed by atoms with Crippen molar-refractivity contribution in [2.45, 2.75) is 38.5 Å². The lowest BCUT2D eigenvalue weighted by molar-refractivity contribution is 0.413. The number of hydrogen-bond donors (Lipinski definition) is 0. The first-order chi connectivity index (χ1) is 13.9. The first-order valence-corrected chi connectivity index (χ1v) is 10.5. The molecule has 0 saturated carbocycles. The predicted octanol–water partition coefficient (Wildman–Crippen LogP) is 8.09. The van der Waals surface area contributed by atoms with Gasteiger partial charge in [0.2, 0.25) is 0 Å². The van der Waals surface area contributed by atoms with Crippen molar-refractivity contribution >= 4 is 23.2 Å². The Bertz CT molecular complexity index is 949. The zero-order valence-corrected chi connectivity index (χ0v) is 18.6. The summed E-state index contributed by atoms with van der Waals surface area (Å²) in [6, 6.07) is 21.8. The fraction of sp³-hybridized carbons (Fsp3) is 0.280. The van der Waals surface area contributed by atoms with Crippen molar-refractivity contribution in [3.05, 3.63) is 87.9 Å². The molecule has 29 heavy (non-hydrogen) atoms. The van der Waals surface area contributed by atoms with Gasteiger partial charge in [0.05, 0.1) is 17.2 Å². The lowest BCUT2D eigenvalue weighted by Gasteiger charge is -2.26. The molecular weight excluding hydrogens is 403 g/mol. The first-order valence-electron chi connectivity index (χ1n) is 9.74. The Hall–Kier alpha value is -2.16. The fourth-order valence-corrected chi connectivity index (χ4v) is 3.64. The van der Waals surface area contributed by atoms with E-state index in [0.717, 1.165) is 36.5 Å². The smallest absolute Gasteiger partial charge is 0.127 e. The Morgan fingerprint density at radius 1 is 0.793 bits per heavy atom. The molecule has 0 spiro atoms. The van der Waals surface area contributed by atoms with Crippen LogP contribution in [0.1, 0.15) is 37.8 Å². The van der Waals surface area contributed by atoms with E-state index in [4.69, 9.17) is 32.7 Å². The van der Waals surface area contributed by atoms with E-state index in [9.17, 15) is 0 Å². The van der Waals surface area contributed by atoms with Gasteiger partial charge >= 0.3 is 0 Å². The Kier molecular flexibility index (Phi) is 7.10. The van der Waals surface area contributed by atoms with Gasteiger partial charge in [0, 0.05) is 0 Å². The SMILES string of the molecule is COc1ccc(Oc2cccc(CCCC(C)(C)c3ccc(Cl)c(Cl)c3)c2)cc1. The molecule has 152 valence electrons. The summed E-state index contributed by atoms with van der Waals surface area (Å²) < 4.78 is 11.2. The van der Waals surface area contributed by atoms with Crippen molar-refractivity contribution in [3.63, 3.8) is 0 Å². The van der Waals surface area contributed by atoms with Gasteiger partial charge in [-0.25, -0.2) is 0 Å². The summed E-state index contributed by atoms with van der Waals surface area (Å²) in [6.45, 7) is 4.49. The van der Waals surface area contributed by atoms with Gasteiger partial charge in [-0.15, -0.1) is 0 Å². The van der Waals surface area contributed by atoms with Crippen LogP contribution in [0.2, 0.25) is 10.0 Å². The third kappa shape index (κ3) is 5.91. The molecule has 0 aromatic heterocycles. The van der Waals surface area contributed by atoms with Crippen LogP contribution in [0.25, 0.3) is 0 Å². The Labute approximate surface area is 183 Å². The van der Waals surface area contributed by atoms with Crippen molar-refractivity contribution in [1.29, 1.82) is 0 Å². The summed E-state index contributed by atoms with van der Waals surface area (Å²) in [4.78, 5) is 0. The molecule has 0 amide bonds. The van der Waals surface area contributed by atoms with Crippen LogP contribution in [0, 0.1) is 0 Å². The average Bonchev–Trinajstić information content (AvgIpc) is 2.71. The summed E-state index contributed by atoms with van der Waals surface area (Å²) in [5, 5.41) is 1.21. The van der Waals surface area contributed by atoms with Crippen molar-refractivity contribution in [2.24, 2.45) is 0 Å². The summed E-state index contributed by atoms with van der Waals surface area (Å²) in [6.07, 6.45) is 3.11. The number of aryl methyl sites for hydroxylation is 1. The number of hydrogen-bond acceptors (Lipinski definition) is 2. The highest BCUT2D eigenvalue weighted by molar-refractivity contribution is 6.42. The predicted molar refractivity (Wildman–Crippen MR) is 122 cm³/mol. The molecule has 3 aromatic rings. The number of rotatable bonds is 8. The molecule has 0 unspecified atom stereocenters. The quantitative estimate of drug-likeness (QED) is 0.360. The lowest BCUT2D eigenvalue weighted by Crippen LogP contribution is -2.17. The maximum Gasteiger partial charge on any atom is 0.127 e. The van der Waals surface area contributed by atoms with Crippen LogP contribution in [-0.4, -0.2) is 7.11 Å². The maximum absolute atomic E-state index is 6.20. The molecule has 0 aliphatic heterocycles. The van der Waals surface area contributed by atoms with Gasteiger partial charge in [-0.05, 0) is 84.3 Å². The molecule has 0 aliphatic carbocycles. The standard InChI is InChI=1S/C25H26Cl2O2/c1-25(2,19-9-14-23(26)24(27)17-19)15-5-7-18-6-4-8-22(16-18)29-21-12-10-20(28-3)11-13-21/h4,6,8-14,16-17H,5,7,15H2,1-3H3. The summed E-state index contributed by atoms with van der Waals surface area (Å²) in [5.74, 6) is 2.45. The molecule has 0 atom stereocenters. The Balaban J connectivity index is 1.59. The zero-order valence-electron chi connectivity index (χ0n) is 17.0. The number of benzene rings is 3. The lowest BCUT2D eigenvalue weighted by atomic mass is 9.80. The second-order valence-corrected chi connectivity index (χ2v) is 8.61. The van der Waals surface area contributed by atoms with Gasteiger partial charge in [-0.3, -0.25) is 0 Å². The highest BCUT2D eigenvalue weighted by atomic mass is 35.5. The van der Waals surface area contributed by atoms with Gasteiger partial charge in [-0.1, -0.05) is 55.2 Å². The van der Waals surface area contributed by atoms with Crippen molar-refractivity contribution < 1.29 is 9.47 Å². The first kappa shape index (κ1) is 21.5. The van der Waals surface area contributed by atoms with E-state index < -0.39 is 0 Å². The van der Waals surface area contributed by atoms with E-state index in [1.165, 1.54) is 11.1 Å². The van der Waals surface area contributed by atoms with E-state index in [0.29, 0.717) is 10.0 Å². The van der Waals surface area contributed by atoms with Gasteiger partial charge in [0.25, 0.3) is 0 Å². The molecule has 3 aromatic carbocycles. The normalized spacial score (nSPS) is 11.3. The second kappa shape index (κ2) is 9.56. The minimum Gasteiger partial charge on any atom is -0.497 e. The van der Waals surface area contributed by atoms with Gasteiger partial charge < -0.3 is 9.47 Å². The number of methoxy groups -OCH3 is 1. The molecule has 0 fully saturated rings. The fourth-order valence-electron chi connectivity index (χ4n) is 3.34. The second-order valence-electron chi connectivity index (χ2n) is 7.79. The largest absolute Gasteiger partial charge is 0.497 e. The molecule has 0 radical (unpaired) electrons. The van der Waals surface area contributed by atoms with Gasteiger partial charge in [0.15, 0.2) is 0 Å². The van der Waals surface area contributed by atoms with Crippen LogP contribution in [-0.2, 0) is 11.8 Å². The Morgan fingerprint density at radius 3 is 2.21 bits per heavy atom.